The van der Waals surface area contributed by atoms with Crippen molar-refractivity contribution in [1.82, 2.24) is 4.90 Å². The number of terminal acetylenes is 1. The molecule has 0 aromatic rings. The summed E-state index contributed by atoms with van der Waals surface area (Å²) in [5.74, 6) is 3.24. The third kappa shape index (κ3) is 3.24. The van der Waals surface area contributed by atoms with E-state index in [9.17, 15) is 5.11 Å². The van der Waals surface area contributed by atoms with Crippen molar-refractivity contribution in [1.29, 1.82) is 0 Å². The SMILES string of the molecule is C#CCCCN1CCCC1C1CCCCC1O. The fraction of sp³-hybridized carbons (Fsp3) is 0.867. The van der Waals surface area contributed by atoms with E-state index in [4.69, 9.17) is 6.42 Å². The highest BCUT2D eigenvalue weighted by molar-refractivity contribution is 4.91. The van der Waals surface area contributed by atoms with Crippen molar-refractivity contribution in [3.63, 3.8) is 0 Å². The smallest absolute Gasteiger partial charge is 0.0583 e. The third-order valence-electron chi connectivity index (χ3n) is 4.46. The van der Waals surface area contributed by atoms with Crippen LogP contribution in [0.3, 0.4) is 0 Å². The summed E-state index contributed by atoms with van der Waals surface area (Å²) in [4.78, 5) is 2.58. The molecule has 2 heteroatoms. The van der Waals surface area contributed by atoms with E-state index in [1.807, 2.05) is 0 Å². The van der Waals surface area contributed by atoms with Gasteiger partial charge in [0.15, 0.2) is 0 Å². The monoisotopic (exact) mass is 235 g/mol. The van der Waals surface area contributed by atoms with Gasteiger partial charge in [0.25, 0.3) is 0 Å². The van der Waals surface area contributed by atoms with E-state index >= 15 is 0 Å². The van der Waals surface area contributed by atoms with Gasteiger partial charge >= 0.3 is 0 Å². The molecular formula is C15H25NO. The Bertz CT molecular complexity index is 271. The quantitative estimate of drug-likeness (QED) is 0.597. The van der Waals surface area contributed by atoms with Gasteiger partial charge in [0.1, 0.15) is 0 Å². The highest BCUT2D eigenvalue weighted by atomic mass is 16.3. The van der Waals surface area contributed by atoms with Crippen molar-refractivity contribution in [2.24, 2.45) is 5.92 Å². The molecule has 0 bridgehead atoms. The molecule has 1 saturated carbocycles. The fourth-order valence-corrected chi connectivity index (χ4v) is 3.59. The Hall–Kier alpha value is -0.520. The van der Waals surface area contributed by atoms with Gasteiger partial charge in [-0.1, -0.05) is 12.8 Å². The Morgan fingerprint density at radius 1 is 1.18 bits per heavy atom. The molecule has 0 amide bonds. The first-order valence-electron chi connectivity index (χ1n) is 7.18. The van der Waals surface area contributed by atoms with Crippen LogP contribution in [0.2, 0.25) is 0 Å². The number of hydrogen-bond acceptors (Lipinski definition) is 2. The lowest BCUT2D eigenvalue weighted by molar-refractivity contribution is 0.0220. The van der Waals surface area contributed by atoms with Crippen LogP contribution in [-0.4, -0.2) is 35.2 Å². The number of nitrogens with zero attached hydrogens (tertiary/aromatic N) is 1. The number of aliphatic hydroxyl groups excluding tert-OH is 1. The molecule has 1 saturated heterocycles. The van der Waals surface area contributed by atoms with Crippen LogP contribution in [-0.2, 0) is 0 Å². The molecule has 17 heavy (non-hydrogen) atoms. The highest BCUT2D eigenvalue weighted by Crippen LogP contribution is 2.34. The summed E-state index contributed by atoms with van der Waals surface area (Å²) in [5.41, 5.74) is 0. The predicted octanol–water partition coefficient (Wildman–Crippen LogP) is 2.42. The molecule has 3 atom stereocenters. The Balaban J connectivity index is 1.87. The van der Waals surface area contributed by atoms with E-state index in [0.29, 0.717) is 12.0 Å². The Kier molecular flexibility index (Phi) is 4.88. The van der Waals surface area contributed by atoms with E-state index in [1.165, 1.54) is 38.6 Å². The van der Waals surface area contributed by atoms with E-state index in [-0.39, 0.29) is 6.10 Å². The minimum absolute atomic E-state index is 0.0537. The van der Waals surface area contributed by atoms with Crippen molar-refractivity contribution in [2.75, 3.05) is 13.1 Å². The van der Waals surface area contributed by atoms with Crippen LogP contribution in [0.4, 0.5) is 0 Å². The maximum absolute atomic E-state index is 10.2. The number of hydrogen-bond donors (Lipinski definition) is 1. The molecule has 0 radical (unpaired) electrons. The number of rotatable bonds is 4. The van der Waals surface area contributed by atoms with Crippen molar-refractivity contribution in [3.05, 3.63) is 0 Å². The standard InChI is InChI=1S/C15H25NO/c1-2-3-6-11-16-12-7-9-14(16)13-8-4-5-10-15(13)17/h1,13-15,17H,3-12H2. The molecule has 0 aromatic heterocycles. The molecule has 0 aromatic carbocycles. The Morgan fingerprint density at radius 3 is 2.76 bits per heavy atom. The molecule has 1 aliphatic heterocycles. The second-order valence-corrected chi connectivity index (χ2v) is 5.57. The molecule has 2 nitrogen and oxygen atoms in total. The maximum Gasteiger partial charge on any atom is 0.0583 e. The second-order valence-electron chi connectivity index (χ2n) is 5.57. The zero-order chi connectivity index (χ0) is 12.1. The summed E-state index contributed by atoms with van der Waals surface area (Å²) in [6, 6.07) is 0.628. The topological polar surface area (TPSA) is 23.5 Å². The van der Waals surface area contributed by atoms with E-state index in [0.717, 1.165) is 25.8 Å². The molecule has 1 N–H and O–H groups in total. The Labute approximate surface area is 105 Å². The average Bonchev–Trinajstić information content (AvgIpc) is 2.78. The lowest BCUT2D eigenvalue weighted by atomic mass is 9.80. The first-order chi connectivity index (χ1) is 8.33. The first kappa shape index (κ1) is 12.9. The van der Waals surface area contributed by atoms with Gasteiger partial charge in [-0.2, -0.15) is 0 Å². The van der Waals surface area contributed by atoms with Crippen LogP contribution in [0.1, 0.15) is 51.4 Å². The molecule has 2 aliphatic rings. The Morgan fingerprint density at radius 2 is 2.00 bits per heavy atom. The highest BCUT2D eigenvalue weighted by Gasteiger charge is 2.36. The summed E-state index contributed by atoms with van der Waals surface area (Å²) in [5, 5.41) is 10.2. The number of aliphatic hydroxyl groups is 1. The van der Waals surface area contributed by atoms with Crippen LogP contribution >= 0.6 is 0 Å². The van der Waals surface area contributed by atoms with Gasteiger partial charge < -0.3 is 5.11 Å². The average molecular weight is 235 g/mol. The molecule has 96 valence electrons. The summed E-state index contributed by atoms with van der Waals surface area (Å²) in [6.07, 6.45) is 14.6. The van der Waals surface area contributed by atoms with Gasteiger partial charge in [-0.25, -0.2) is 0 Å². The predicted molar refractivity (Wildman–Crippen MR) is 70.6 cm³/mol. The first-order valence-corrected chi connectivity index (χ1v) is 7.18. The van der Waals surface area contributed by atoms with Gasteiger partial charge in [0.2, 0.25) is 0 Å². The zero-order valence-electron chi connectivity index (χ0n) is 10.8. The van der Waals surface area contributed by atoms with Crippen LogP contribution in [0.25, 0.3) is 0 Å². The molecule has 3 unspecified atom stereocenters. The summed E-state index contributed by atoms with van der Waals surface area (Å²) < 4.78 is 0. The number of likely N-dealkylation sites (tertiary alicyclic amines) is 1. The molecule has 1 heterocycles. The minimum atomic E-state index is -0.0537. The van der Waals surface area contributed by atoms with E-state index < -0.39 is 0 Å². The lowest BCUT2D eigenvalue weighted by Gasteiger charge is -2.37. The molecule has 1 aliphatic carbocycles. The van der Waals surface area contributed by atoms with Crippen molar-refractivity contribution in [2.45, 2.75) is 63.5 Å². The number of unbranched alkanes of at least 4 members (excludes halogenated alkanes) is 1. The van der Waals surface area contributed by atoms with Gasteiger partial charge in [0, 0.05) is 18.4 Å². The van der Waals surface area contributed by atoms with Crippen LogP contribution in [0.15, 0.2) is 0 Å². The molecule has 2 fully saturated rings. The van der Waals surface area contributed by atoms with Crippen LogP contribution in [0.5, 0.6) is 0 Å². The molecule has 0 spiro atoms. The van der Waals surface area contributed by atoms with Gasteiger partial charge in [-0.05, 0) is 45.2 Å². The fourth-order valence-electron chi connectivity index (χ4n) is 3.59. The van der Waals surface area contributed by atoms with Crippen LogP contribution in [0, 0.1) is 18.3 Å². The normalized spacial score (nSPS) is 34.7. The van der Waals surface area contributed by atoms with Gasteiger partial charge in [-0.3, -0.25) is 4.90 Å². The lowest BCUT2D eigenvalue weighted by Crippen LogP contribution is -2.42. The largest absolute Gasteiger partial charge is 0.393 e. The van der Waals surface area contributed by atoms with E-state index in [1.54, 1.807) is 0 Å². The van der Waals surface area contributed by atoms with Gasteiger partial charge in [0.05, 0.1) is 6.10 Å². The van der Waals surface area contributed by atoms with Crippen molar-refractivity contribution < 1.29 is 5.11 Å². The van der Waals surface area contributed by atoms with Crippen molar-refractivity contribution in [3.8, 4) is 12.3 Å². The van der Waals surface area contributed by atoms with E-state index in [2.05, 4.69) is 10.8 Å². The van der Waals surface area contributed by atoms with Crippen LogP contribution < -0.4 is 0 Å². The molecular weight excluding hydrogens is 210 g/mol. The van der Waals surface area contributed by atoms with Gasteiger partial charge in [-0.15, -0.1) is 12.3 Å². The summed E-state index contributed by atoms with van der Waals surface area (Å²) >= 11 is 0. The third-order valence-corrected chi connectivity index (χ3v) is 4.46. The summed E-state index contributed by atoms with van der Waals surface area (Å²) in [6.45, 7) is 2.33. The summed E-state index contributed by atoms with van der Waals surface area (Å²) in [7, 11) is 0. The second kappa shape index (κ2) is 6.42. The van der Waals surface area contributed by atoms with Crippen molar-refractivity contribution >= 4 is 0 Å². The maximum atomic E-state index is 10.2. The molecule has 2 rings (SSSR count). The zero-order valence-corrected chi connectivity index (χ0v) is 10.8. The minimum Gasteiger partial charge on any atom is -0.393 e.